The van der Waals surface area contributed by atoms with E-state index in [0.29, 0.717) is 18.8 Å². The predicted octanol–water partition coefficient (Wildman–Crippen LogP) is 1.86. The molecule has 7 nitrogen and oxygen atoms in total. The third-order valence-corrected chi connectivity index (χ3v) is 4.81. The first-order valence-corrected chi connectivity index (χ1v) is 8.31. The zero-order chi connectivity index (χ0) is 17.2. The molecular weight excluding hydrogens is 329 g/mol. The maximum absolute atomic E-state index is 13.2. The second-order valence-corrected chi connectivity index (χ2v) is 6.99. The van der Waals surface area contributed by atoms with Crippen molar-refractivity contribution in [1.82, 2.24) is 15.0 Å². The van der Waals surface area contributed by atoms with Gasteiger partial charge in [-0.15, -0.1) is 5.10 Å². The fourth-order valence-corrected chi connectivity index (χ4v) is 3.70. The normalized spacial score (nSPS) is 32.8. The summed E-state index contributed by atoms with van der Waals surface area (Å²) < 4.78 is 38.8. The Labute approximate surface area is 143 Å². The van der Waals surface area contributed by atoms with Crippen molar-refractivity contribution < 1.29 is 23.3 Å². The fourth-order valence-electron chi connectivity index (χ4n) is 3.70. The summed E-state index contributed by atoms with van der Waals surface area (Å²) in [5.74, 6) is -0.960. The van der Waals surface area contributed by atoms with Crippen LogP contribution >= 0.6 is 0 Å². The molecular formula is C17H18FN3O4. The molecule has 0 N–H and O–H groups in total. The Morgan fingerprint density at radius 2 is 1.96 bits per heavy atom. The van der Waals surface area contributed by atoms with Crippen molar-refractivity contribution in [2.24, 2.45) is 0 Å². The van der Waals surface area contributed by atoms with E-state index in [1.165, 1.54) is 12.1 Å². The highest BCUT2D eigenvalue weighted by atomic mass is 19.1. The number of halogens is 1. The molecule has 25 heavy (non-hydrogen) atoms. The molecule has 0 amide bonds. The number of hydrogen-bond acceptors (Lipinski definition) is 6. The Hall–Kier alpha value is -1.87. The number of nitrogens with zero attached hydrogens (tertiary/aromatic N) is 3. The van der Waals surface area contributed by atoms with Gasteiger partial charge in [-0.05, 0) is 38.1 Å². The van der Waals surface area contributed by atoms with Gasteiger partial charge >= 0.3 is 0 Å². The van der Waals surface area contributed by atoms with Gasteiger partial charge in [-0.1, -0.05) is 5.21 Å². The molecule has 0 radical (unpaired) electrons. The highest BCUT2D eigenvalue weighted by molar-refractivity contribution is 5.61. The van der Waals surface area contributed by atoms with E-state index in [2.05, 4.69) is 10.3 Å². The van der Waals surface area contributed by atoms with Crippen LogP contribution in [0.5, 0.6) is 0 Å². The predicted molar refractivity (Wildman–Crippen MR) is 82.7 cm³/mol. The van der Waals surface area contributed by atoms with Crippen LogP contribution < -0.4 is 0 Å². The van der Waals surface area contributed by atoms with Crippen molar-refractivity contribution in [2.45, 2.75) is 57.4 Å². The molecule has 3 aliphatic heterocycles. The molecule has 0 unspecified atom stereocenters. The van der Waals surface area contributed by atoms with Crippen molar-refractivity contribution >= 4 is 0 Å². The van der Waals surface area contributed by atoms with Crippen molar-refractivity contribution in [3.8, 4) is 11.3 Å². The minimum atomic E-state index is -0.676. The first-order chi connectivity index (χ1) is 12.0. The van der Waals surface area contributed by atoms with Gasteiger partial charge in [-0.3, -0.25) is 0 Å². The van der Waals surface area contributed by atoms with Gasteiger partial charge in [0.1, 0.15) is 29.8 Å². The van der Waals surface area contributed by atoms with Crippen LogP contribution in [0.1, 0.15) is 19.5 Å². The summed E-state index contributed by atoms with van der Waals surface area (Å²) in [5, 5.41) is 8.47. The Kier molecular flexibility index (Phi) is 3.27. The molecule has 0 aliphatic carbocycles. The van der Waals surface area contributed by atoms with Crippen molar-refractivity contribution in [1.29, 1.82) is 0 Å². The smallest absolute Gasteiger partial charge is 0.190 e. The fraction of sp³-hybridized carbons (Fsp3) is 0.529. The van der Waals surface area contributed by atoms with Crippen LogP contribution in [0, 0.1) is 5.82 Å². The van der Waals surface area contributed by atoms with Gasteiger partial charge < -0.3 is 18.9 Å². The van der Waals surface area contributed by atoms with Crippen LogP contribution in [-0.4, -0.2) is 45.4 Å². The molecule has 5 rings (SSSR count). The first kappa shape index (κ1) is 15.4. The van der Waals surface area contributed by atoms with E-state index in [-0.39, 0.29) is 24.1 Å². The molecule has 0 saturated carbocycles. The Morgan fingerprint density at radius 3 is 2.76 bits per heavy atom. The number of hydrogen-bond donors (Lipinski definition) is 0. The van der Waals surface area contributed by atoms with Gasteiger partial charge in [-0.2, -0.15) is 0 Å². The molecule has 0 bridgehead atoms. The summed E-state index contributed by atoms with van der Waals surface area (Å²) in [7, 11) is 0. The Bertz CT molecular complexity index is 807. The van der Waals surface area contributed by atoms with E-state index in [9.17, 15) is 4.39 Å². The molecule has 4 atom stereocenters. The van der Waals surface area contributed by atoms with Crippen LogP contribution in [0.3, 0.4) is 0 Å². The van der Waals surface area contributed by atoms with Gasteiger partial charge in [0.15, 0.2) is 12.1 Å². The van der Waals surface area contributed by atoms with E-state index in [1.54, 1.807) is 16.8 Å². The van der Waals surface area contributed by atoms with Crippen LogP contribution in [0.25, 0.3) is 11.3 Å². The minimum Gasteiger partial charge on any atom is -0.366 e. The molecule has 3 aliphatic rings. The molecule has 1 aromatic carbocycles. The maximum Gasteiger partial charge on any atom is 0.190 e. The second-order valence-electron chi connectivity index (χ2n) is 6.99. The lowest BCUT2D eigenvalue weighted by Gasteiger charge is -2.23. The Balaban J connectivity index is 1.43. The lowest BCUT2D eigenvalue weighted by molar-refractivity contribution is -0.219. The molecule has 4 heterocycles. The highest BCUT2D eigenvalue weighted by Gasteiger charge is 2.56. The van der Waals surface area contributed by atoms with Gasteiger partial charge in [0, 0.05) is 5.56 Å². The van der Waals surface area contributed by atoms with Crippen molar-refractivity contribution in [3.05, 3.63) is 35.8 Å². The van der Waals surface area contributed by atoms with E-state index < -0.39 is 12.1 Å². The van der Waals surface area contributed by atoms with E-state index in [4.69, 9.17) is 18.9 Å². The van der Waals surface area contributed by atoms with Gasteiger partial charge in [-0.25, -0.2) is 9.07 Å². The second kappa shape index (κ2) is 5.31. The molecule has 2 saturated heterocycles. The van der Waals surface area contributed by atoms with Gasteiger partial charge in [0.25, 0.3) is 0 Å². The standard InChI is InChI=1S/C17H18FN3O4/c1-17(2)24-15-14-12(23-16(15)25-17)7-21-11(8-22-14)13(19-20-21)9-3-5-10(18)6-4-9/h3-6,12,14-16H,7-8H2,1-2H3/t12-,14+,15-,16-/m1/s1. The molecule has 2 fully saturated rings. The molecule has 1 aromatic heterocycles. The topological polar surface area (TPSA) is 67.6 Å². The quantitative estimate of drug-likeness (QED) is 0.784. The lowest BCUT2D eigenvalue weighted by atomic mass is 10.1. The highest BCUT2D eigenvalue weighted by Crippen LogP contribution is 2.40. The van der Waals surface area contributed by atoms with Crippen LogP contribution in [0.4, 0.5) is 4.39 Å². The number of aromatic nitrogens is 3. The van der Waals surface area contributed by atoms with Crippen LogP contribution in [0.2, 0.25) is 0 Å². The zero-order valence-electron chi connectivity index (χ0n) is 13.9. The summed E-state index contributed by atoms with van der Waals surface area (Å²) in [6.45, 7) is 4.57. The summed E-state index contributed by atoms with van der Waals surface area (Å²) in [6.07, 6.45) is -1.12. The Morgan fingerprint density at radius 1 is 1.16 bits per heavy atom. The number of fused-ring (bicyclic) bond motifs is 4. The molecule has 8 heteroatoms. The average Bonchev–Trinajstić information content (AvgIpc) is 3.14. The van der Waals surface area contributed by atoms with Crippen molar-refractivity contribution in [2.75, 3.05) is 0 Å². The summed E-state index contributed by atoms with van der Waals surface area (Å²) >= 11 is 0. The number of benzene rings is 1. The largest absolute Gasteiger partial charge is 0.366 e. The minimum absolute atomic E-state index is 0.213. The first-order valence-electron chi connectivity index (χ1n) is 8.31. The molecule has 2 aromatic rings. The zero-order valence-corrected chi connectivity index (χ0v) is 13.9. The van der Waals surface area contributed by atoms with E-state index in [1.807, 2.05) is 13.8 Å². The van der Waals surface area contributed by atoms with Crippen molar-refractivity contribution in [3.63, 3.8) is 0 Å². The molecule has 132 valence electrons. The average molecular weight is 347 g/mol. The number of rotatable bonds is 1. The van der Waals surface area contributed by atoms with E-state index in [0.717, 1.165) is 11.3 Å². The van der Waals surface area contributed by atoms with Crippen LogP contribution in [-0.2, 0) is 32.1 Å². The number of ether oxygens (including phenoxy) is 4. The molecule has 0 spiro atoms. The summed E-state index contributed by atoms with van der Waals surface area (Å²) in [4.78, 5) is 0. The third-order valence-electron chi connectivity index (χ3n) is 4.81. The lowest BCUT2D eigenvalue weighted by Crippen LogP contribution is -2.37. The van der Waals surface area contributed by atoms with Gasteiger partial charge in [0.05, 0.1) is 18.8 Å². The van der Waals surface area contributed by atoms with E-state index >= 15 is 0 Å². The SMILES string of the molecule is CC1(C)O[C@H]2O[C@@H]3Cn4nnc(-c5ccc(F)cc5)c4CO[C@@H]3[C@H]2O1. The maximum atomic E-state index is 13.2. The monoisotopic (exact) mass is 347 g/mol. The van der Waals surface area contributed by atoms with Gasteiger partial charge in [0.2, 0.25) is 0 Å². The summed E-state index contributed by atoms with van der Waals surface area (Å²) in [6, 6.07) is 6.20. The third kappa shape index (κ3) is 2.48. The summed E-state index contributed by atoms with van der Waals surface area (Å²) in [5.41, 5.74) is 2.35. The van der Waals surface area contributed by atoms with Crippen LogP contribution in [0.15, 0.2) is 24.3 Å².